The number of carboxylic acids is 1. The molecule has 3 nitrogen and oxygen atoms in total. The maximum atomic E-state index is 10.6. The van der Waals surface area contributed by atoms with Crippen LogP contribution in [-0.2, 0) is 4.79 Å². The molecule has 0 fully saturated rings. The number of para-hydroxylation sites is 1. The number of nitrogens with zero attached hydrogens (tertiary/aromatic N) is 1. The monoisotopic (exact) mass is 359 g/mol. The quantitative estimate of drug-likeness (QED) is 0.681. The Morgan fingerprint density at radius 3 is 2.95 bits per heavy atom. The van der Waals surface area contributed by atoms with Gasteiger partial charge in [-0.2, -0.15) is 0 Å². The Morgan fingerprint density at radius 2 is 2.14 bits per heavy atom. The van der Waals surface area contributed by atoms with Crippen LogP contribution in [0.4, 0.5) is 0 Å². The number of carboxylic acid groups (broad SMARTS) is 1. The van der Waals surface area contributed by atoms with E-state index in [1.54, 1.807) is 23.6 Å². The SMILES string of the molecule is O=C(O)/C=C/c1ccc(-c2cccc3cc(Br)cnc23)s1. The molecule has 0 bridgehead atoms. The molecule has 5 heteroatoms. The normalized spacial score (nSPS) is 11.3. The lowest BCUT2D eigenvalue weighted by molar-refractivity contribution is -0.131. The zero-order chi connectivity index (χ0) is 14.8. The van der Waals surface area contributed by atoms with E-state index in [2.05, 4.69) is 20.9 Å². The van der Waals surface area contributed by atoms with Crippen LogP contribution in [0.5, 0.6) is 0 Å². The summed E-state index contributed by atoms with van der Waals surface area (Å²) in [6.07, 6.45) is 4.53. The van der Waals surface area contributed by atoms with Gasteiger partial charge in [-0.05, 0) is 40.2 Å². The number of hydrogen-bond donors (Lipinski definition) is 1. The third kappa shape index (κ3) is 3.04. The molecule has 0 radical (unpaired) electrons. The third-order valence-electron chi connectivity index (χ3n) is 2.96. The first-order valence-corrected chi connectivity index (χ1v) is 7.80. The van der Waals surface area contributed by atoms with Crippen LogP contribution >= 0.6 is 27.3 Å². The number of fused-ring (bicyclic) bond motifs is 1. The van der Waals surface area contributed by atoms with E-state index in [1.807, 2.05) is 36.4 Å². The molecule has 0 aliphatic rings. The largest absolute Gasteiger partial charge is 0.478 e. The smallest absolute Gasteiger partial charge is 0.328 e. The lowest BCUT2D eigenvalue weighted by Crippen LogP contribution is -1.84. The summed E-state index contributed by atoms with van der Waals surface area (Å²) in [5, 5.41) is 9.74. The van der Waals surface area contributed by atoms with E-state index >= 15 is 0 Å². The van der Waals surface area contributed by atoms with Gasteiger partial charge < -0.3 is 5.11 Å². The minimum Gasteiger partial charge on any atom is -0.478 e. The fraction of sp³-hybridized carbons (Fsp3) is 0. The number of aromatic nitrogens is 1. The van der Waals surface area contributed by atoms with Crippen LogP contribution in [0.2, 0.25) is 0 Å². The molecular formula is C16H10BrNO2S. The topological polar surface area (TPSA) is 50.2 Å². The van der Waals surface area contributed by atoms with Crippen molar-refractivity contribution in [2.45, 2.75) is 0 Å². The van der Waals surface area contributed by atoms with E-state index in [1.165, 1.54) is 0 Å². The second-order valence-corrected chi connectivity index (χ2v) is 6.44. The Kier molecular flexibility index (Phi) is 3.86. The summed E-state index contributed by atoms with van der Waals surface area (Å²) in [5.74, 6) is -0.943. The molecule has 0 saturated heterocycles. The number of aliphatic carboxylic acids is 1. The Hall–Kier alpha value is -1.98. The molecule has 3 aromatic rings. The first kappa shape index (κ1) is 14.0. The van der Waals surface area contributed by atoms with Gasteiger partial charge in [-0.1, -0.05) is 18.2 Å². The van der Waals surface area contributed by atoms with Gasteiger partial charge in [0.05, 0.1) is 5.52 Å². The van der Waals surface area contributed by atoms with Crippen molar-refractivity contribution in [3.8, 4) is 10.4 Å². The molecule has 0 saturated carbocycles. The number of thiophene rings is 1. The summed E-state index contributed by atoms with van der Waals surface area (Å²) in [6.45, 7) is 0. The van der Waals surface area contributed by atoms with Crippen molar-refractivity contribution in [3.05, 3.63) is 58.0 Å². The van der Waals surface area contributed by atoms with Crippen LogP contribution in [0.15, 0.2) is 53.1 Å². The fourth-order valence-corrected chi connectivity index (χ4v) is 3.36. The molecule has 0 amide bonds. The van der Waals surface area contributed by atoms with Gasteiger partial charge in [0.1, 0.15) is 0 Å². The highest BCUT2D eigenvalue weighted by Gasteiger charge is 2.07. The molecule has 0 atom stereocenters. The number of benzene rings is 1. The van der Waals surface area contributed by atoms with Gasteiger partial charge in [0.15, 0.2) is 0 Å². The van der Waals surface area contributed by atoms with E-state index in [4.69, 9.17) is 5.11 Å². The average molecular weight is 360 g/mol. The molecule has 2 heterocycles. The summed E-state index contributed by atoms with van der Waals surface area (Å²) in [4.78, 5) is 17.0. The Balaban J connectivity index is 2.07. The van der Waals surface area contributed by atoms with Crippen LogP contribution in [-0.4, -0.2) is 16.1 Å². The van der Waals surface area contributed by atoms with Crippen LogP contribution in [0.3, 0.4) is 0 Å². The molecule has 0 aliphatic heterocycles. The number of rotatable bonds is 3. The van der Waals surface area contributed by atoms with Crippen LogP contribution in [0, 0.1) is 0 Å². The molecule has 104 valence electrons. The Labute approximate surface area is 133 Å². The van der Waals surface area contributed by atoms with Gasteiger partial charge in [0.25, 0.3) is 0 Å². The molecular weight excluding hydrogens is 350 g/mol. The van der Waals surface area contributed by atoms with Crippen molar-refractivity contribution < 1.29 is 9.90 Å². The lowest BCUT2D eigenvalue weighted by atomic mass is 10.1. The Morgan fingerprint density at radius 1 is 1.29 bits per heavy atom. The minimum atomic E-state index is -0.943. The highest BCUT2D eigenvalue weighted by atomic mass is 79.9. The standard InChI is InChI=1S/C16H10BrNO2S/c17-11-8-10-2-1-3-13(16(10)18-9-11)14-6-4-12(21-14)5-7-15(19)20/h1-9H,(H,19,20)/b7-5+. The zero-order valence-electron chi connectivity index (χ0n) is 10.8. The second-order valence-electron chi connectivity index (χ2n) is 4.40. The predicted molar refractivity (Wildman–Crippen MR) is 89.4 cm³/mol. The van der Waals surface area contributed by atoms with Gasteiger partial charge in [0, 0.05) is 37.4 Å². The summed E-state index contributed by atoms with van der Waals surface area (Å²) >= 11 is 4.97. The number of pyridine rings is 1. The summed E-state index contributed by atoms with van der Waals surface area (Å²) in [6, 6.07) is 12.0. The van der Waals surface area contributed by atoms with Gasteiger partial charge in [0.2, 0.25) is 0 Å². The van der Waals surface area contributed by atoms with Crippen LogP contribution in [0.1, 0.15) is 4.88 Å². The van der Waals surface area contributed by atoms with Crippen molar-refractivity contribution in [2.24, 2.45) is 0 Å². The van der Waals surface area contributed by atoms with E-state index < -0.39 is 5.97 Å². The van der Waals surface area contributed by atoms with Crippen LogP contribution < -0.4 is 0 Å². The molecule has 2 aromatic heterocycles. The number of hydrogen-bond acceptors (Lipinski definition) is 3. The van der Waals surface area contributed by atoms with Gasteiger partial charge in [-0.3, -0.25) is 4.98 Å². The second kappa shape index (κ2) is 5.79. The average Bonchev–Trinajstić information content (AvgIpc) is 2.93. The van der Waals surface area contributed by atoms with Crippen LogP contribution in [0.25, 0.3) is 27.4 Å². The van der Waals surface area contributed by atoms with E-state index in [9.17, 15) is 4.79 Å². The zero-order valence-corrected chi connectivity index (χ0v) is 13.2. The molecule has 1 N–H and O–H groups in total. The van der Waals surface area contributed by atoms with Gasteiger partial charge in [-0.15, -0.1) is 11.3 Å². The maximum absolute atomic E-state index is 10.6. The van der Waals surface area contributed by atoms with E-state index in [0.29, 0.717) is 0 Å². The fourth-order valence-electron chi connectivity index (χ4n) is 2.07. The first-order chi connectivity index (χ1) is 10.1. The van der Waals surface area contributed by atoms with E-state index in [-0.39, 0.29) is 0 Å². The Bertz CT molecular complexity index is 854. The predicted octanol–water partition coefficient (Wildman–Crippen LogP) is 4.82. The summed E-state index contributed by atoms with van der Waals surface area (Å²) in [7, 11) is 0. The molecule has 0 unspecified atom stereocenters. The number of carbonyl (C=O) groups is 1. The van der Waals surface area contributed by atoms with Gasteiger partial charge in [-0.25, -0.2) is 4.79 Å². The number of halogens is 1. The first-order valence-electron chi connectivity index (χ1n) is 6.19. The van der Waals surface area contributed by atoms with E-state index in [0.717, 1.165) is 36.8 Å². The third-order valence-corrected chi connectivity index (χ3v) is 4.48. The van der Waals surface area contributed by atoms with Crippen molar-refractivity contribution >= 4 is 50.2 Å². The molecule has 0 aliphatic carbocycles. The minimum absolute atomic E-state index is 0.904. The molecule has 1 aromatic carbocycles. The molecule has 21 heavy (non-hydrogen) atoms. The van der Waals surface area contributed by atoms with Crippen molar-refractivity contribution in [1.82, 2.24) is 4.98 Å². The highest BCUT2D eigenvalue weighted by Crippen LogP contribution is 2.33. The van der Waals surface area contributed by atoms with Crippen molar-refractivity contribution in [3.63, 3.8) is 0 Å². The van der Waals surface area contributed by atoms with Gasteiger partial charge >= 0.3 is 5.97 Å². The summed E-state index contributed by atoms with van der Waals surface area (Å²) in [5.41, 5.74) is 2.00. The van der Waals surface area contributed by atoms with Crippen molar-refractivity contribution in [1.29, 1.82) is 0 Å². The summed E-state index contributed by atoms with van der Waals surface area (Å²) < 4.78 is 0.948. The lowest BCUT2D eigenvalue weighted by Gasteiger charge is -2.03. The highest BCUT2D eigenvalue weighted by molar-refractivity contribution is 9.10. The molecule has 3 rings (SSSR count). The van der Waals surface area contributed by atoms with Crippen molar-refractivity contribution in [2.75, 3.05) is 0 Å². The molecule has 0 spiro atoms. The maximum Gasteiger partial charge on any atom is 0.328 e.